The number of hydrazine groups is 1. The molecule has 0 saturated carbocycles. The van der Waals surface area contributed by atoms with E-state index in [0.717, 1.165) is 16.9 Å². The lowest BCUT2D eigenvalue weighted by Gasteiger charge is -2.25. The molecule has 1 fully saturated rings. The second-order valence-electron chi connectivity index (χ2n) is 9.19. The van der Waals surface area contributed by atoms with Gasteiger partial charge in [0.05, 0.1) is 23.1 Å². The molecule has 152 valence electrons. The third-order valence-corrected chi connectivity index (χ3v) is 6.14. The quantitative estimate of drug-likeness (QED) is 0.426. The molecule has 5 rings (SSSR count). The third-order valence-electron chi connectivity index (χ3n) is 6.14. The zero-order valence-electron chi connectivity index (χ0n) is 17.7. The predicted molar refractivity (Wildman–Crippen MR) is 122 cm³/mol. The highest BCUT2D eigenvalue weighted by Crippen LogP contribution is 2.44. The predicted octanol–water partition coefficient (Wildman–Crippen LogP) is 5.53. The number of hydrogen-bond donors (Lipinski definition) is 3. The van der Waals surface area contributed by atoms with Gasteiger partial charge in [-0.05, 0) is 34.2 Å². The molecule has 0 radical (unpaired) electrons. The maximum Gasteiger partial charge on any atom is 0.126 e. The lowest BCUT2D eigenvalue weighted by atomic mass is 9.81. The highest BCUT2D eigenvalue weighted by Gasteiger charge is 2.40. The Bertz CT molecular complexity index is 1110. The first-order valence-corrected chi connectivity index (χ1v) is 10.6. The zero-order valence-corrected chi connectivity index (χ0v) is 17.7. The fourth-order valence-corrected chi connectivity index (χ4v) is 4.45. The molecule has 4 heteroatoms. The first-order chi connectivity index (χ1) is 14.5. The van der Waals surface area contributed by atoms with Crippen molar-refractivity contribution in [2.45, 2.75) is 44.2 Å². The standard InChI is InChI=1S/C26H28N4/c1-26(2,3)19-15-13-17(14-16-19)22-23(18-9-5-4-6-10-18)29-30-24(22)25-27-20-11-7-8-12-21(20)28-25/h4-16,22-24,29-30H,1-3H3,(H,27,28). The fourth-order valence-electron chi connectivity index (χ4n) is 4.45. The summed E-state index contributed by atoms with van der Waals surface area (Å²) < 4.78 is 0. The van der Waals surface area contributed by atoms with Crippen LogP contribution in [0.4, 0.5) is 0 Å². The summed E-state index contributed by atoms with van der Waals surface area (Å²) in [6.07, 6.45) is 0. The summed E-state index contributed by atoms with van der Waals surface area (Å²) in [7, 11) is 0. The van der Waals surface area contributed by atoms with Gasteiger partial charge in [0.2, 0.25) is 0 Å². The van der Waals surface area contributed by atoms with Gasteiger partial charge in [0.1, 0.15) is 5.82 Å². The second kappa shape index (κ2) is 7.38. The summed E-state index contributed by atoms with van der Waals surface area (Å²) in [6, 6.07) is 28.2. The number of para-hydroxylation sites is 2. The van der Waals surface area contributed by atoms with E-state index in [0.29, 0.717) is 0 Å². The highest BCUT2D eigenvalue weighted by atomic mass is 15.4. The molecule has 3 atom stereocenters. The molecule has 0 aliphatic carbocycles. The Kier molecular flexibility index (Phi) is 4.69. The number of nitrogens with zero attached hydrogens (tertiary/aromatic N) is 1. The van der Waals surface area contributed by atoms with E-state index in [1.54, 1.807) is 0 Å². The molecule has 3 aromatic carbocycles. The Morgan fingerprint density at radius 1 is 0.700 bits per heavy atom. The van der Waals surface area contributed by atoms with E-state index >= 15 is 0 Å². The highest BCUT2D eigenvalue weighted by molar-refractivity contribution is 5.74. The van der Waals surface area contributed by atoms with E-state index in [1.807, 2.05) is 12.1 Å². The molecule has 1 aromatic heterocycles. The molecule has 4 nitrogen and oxygen atoms in total. The smallest absolute Gasteiger partial charge is 0.126 e. The van der Waals surface area contributed by atoms with Gasteiger partial charge >= 0.3 is 0 Å². The van der Waals surface area contributed by atoms with Crippen molar-refractivity contribution in [2.24, 2.45) is 0 Å². The van der Waals surface area contributed by atoms with Crippen LogP contribution >= 0.6 is 0 Å². The van der Waals surface area contributed by atoms with Crippen LogP contribution in [0, 0.1) is 0 Å². The average molecular weight is 397 g/mol. The summed E-state index contributed by atoms with van der Waals surface area (Å²) in [6.45, 7) is 6.76. The Hall–Kier alpha value is -2.95. The lowest BCUT2D eigenvalue weighted by molar-refractivity contribution is 0.529. The van der Waals surface area contributed by atoms with E-state index < -0.39 is 0 Å². The maximum atomic E-state index is 4.90. The first kappa shape index (κ1) is 19.0. The Morgan fingerprint density at radius 3 is 2.07 bits per heavy atom. The number of aromatic nitrogens is 2. The van der Waals surface area contributed by atoms with E-state index in [4.69, 9.17) is 4.98 Å². The summed E-state index contributed by atoms with van der Waals surface area (Å²) in [5, 5.41) is 0. The van der Waals surface area contributed by atoms with Crippen LogP contribution in [-0.2, 0) is 5.41 Å². The van der Waals surface area contributed by atoms with Gasteiger partial charge in [-0.15, -0.1) is 0 Å². The summed E-state index contributed by atoms with van der Waals surface area (Å²) in [5.41, 5.74) is 13.2. The molecule has 1 aliphatic rings. The molecule has 30 heavy (non-hydrogen) atoms. The normalized spacial score (nSPS) is 21.9. The maximum absolute atomic E-state index is 4.90. The summed E-state index contributed by atoms with van der Waals surface area (Å²) >= 11 is 0. The summed E-state index contributed by atoms with van der Waals surface area (Å²) in [4.78, 5) is 8.43. The monoisotopic (exact) mass is 396 g/mol. The number of H-pyrrole nitrogens is 1. The largest absolute Gasteiger partial charge is 0.341 e. The minimum atomic E-state index is 0.0445. The van der Waals surface area contributed by atoms with E-state index in [2.05, 4.69) is 103 Å². The summed E-state index contributed by atoms with van der Waals surface area (Å²) in [5.74, 6) is 1.18. The van der Waals surface area contributed by atoms with Gasteiger partial charge in [-0.25, -0.2) is 15.8 Å². The van der Waals surface area contributed by atoms with Crippen molar-refractivity contribution >= 4 is 11.0 Å². The van der Waals surface area contributed by atoms with Gasteiger partial charge in [-0.2, -0.15) is 0 Å². The van der Waals surface area contributed by atoms with Gasteiger partial charge < -0.3 is 4.98 Å². The van der Waals surface area contributed by atoms with Gasteiger partial charge in [0.15, 0.2) is 0 Å². The van der Waals surface area contributed by atoms with Crippen LogP contribution in [0.1, 0.15) is 61.3 Å². The van der Waals surface area contributed by atoms with Crippen molar-refractivity contribution in [3.8, 4) is 0 Å². The lowest BCUT2D eigenvalue weighted by Crippen LogP contribution is -2.27. The molecule has 0 amide bonds. The van der Waals surface area contributed by atoms with Crippen LogP contribution in [0.2, 0.25) is 0 Å². The second-order valence-corrected chi connectivity index (χ2v) is 9.19. The fraction of sp³-hybridized carbons (Fsp3) is 0.269. The molecule has 1 saturated heterocycles. The number of nitrogens with one attached hydrogen (secondary N) is 3. The van der Waals surface area contributed by atoms with Gasteiger partial charge in [0.25, 0.3) is 0 Å². The van der Waals surface area contributed by atoms with Gasteiger partial charge in [-0.1, -0.05) is 87.5 Å². The number of imidazole rings is 1. The topological polar surface area (TPSA) is 52.7 Å². The van der Waals surface area contributed by atoms with Gasteiger partial charge in [0, 0.05) is 5.92 Å². The average Bonchev–Trinajstić information content (AvgIpc) is 3.38. The van der Waals surface area contributed by atoms with Crippen LogP contribution in [0.15, 0.2) is 78.9 Å². The van der Waals surface area contributed by atoms with Crippen LogP contribution in [-0.4, -0.2) is 9.97 Å². The van der Waals surface area contributed by atoms with Crippen LogP contribution < -0.4 is 10.9 Å². The number of aromatic amines is 1. The van der Waals surface area contributed by atoms with Crippen molar-refractivity contribution in [3.63, 3.8) is 0 Å². The molecule has 1 aliphatic heterocycles. The van der Waals surface area contributed by atoms with Crippen molar-refractivity contribution in [3.05, 3.63) is 101 Å². The molecular formula is C26H28N4. The van der Waals surface area contributed by atoms with Crippen molar-refractivity contribution in [2.75, 3.05) is 0 Å². The molecule has 4 aromatic rings. The number of fused-ring (bicyclic) bond motifs is 1. The van der Waals surface area contributed by atoms with Crippen LogP contribution in [0.5, 0.6) is 0 Å². The van der Waals surface area contributed by atoms with Crippen molar-refractivity contribution in [1.29, 1.82) is 0 Å². The number of hydrogen-bond acceptors (Lipinski definition) is 3. The minimum Gasteiger partial charge on any atom is -0.341 e. The van der Waals surface area contributed by atoms with Crippen molar-refractivity contribution in [1.82, 2.24) is 20.8 Å². The van der Waals surface area contributed by atoms with E-state index in [1.165, 1.54) is 16.7 Å². The Morgan fingerprint density at radius 2 is 1.37 bits per heavy atom. The Labute approximate surface area is 177 Å². The van der Waals surface area contributed by atoms with Crippen LogP contribution in [0.25, 0.3) is 11.0 Å². The van der Waals surface area contributed by atoms with E-state index in [9.17, 15) is 0 Å². The Balaban J connectivity index is 1.58. The van der Waals surface area contributed by atoms with Crippen molar-refractivity contribution < 1.29 is 0 Å². The van der Waals surface area contributed by atoms with E-state index in [-0.39, 0.29) is 23.4 Å². The molecule has 2 heterocycles. The number of rotatable bonds is 3. The molecular weight excluding hydrogens is 368 g/mol. The van der Waals surface area contributed by atoms with Crippen LogP contribution in [0.3, 0.4) is 0 Å². The molecule has 0 spiro atoms. The molecule has 3 unspecified atom stereocenters. The SMILES string of the molecule is CC(C)(C)c1ccc(C2C(c3ccccc3)NNC2c2nc3ccccc3[nH]2)cc1. The zero-order chi connectivity index (χ0) is 20.7. The first-order valence-electron chi connectivity index (χ1n) is 10.6. The minimum absolute atomic E-state index is 0.0445. The molecule has 3 N–H and O–H groups in total. The third kappa shape index (κ3) is 3.42. The number of benzene rings is 3. The van der Waals surface area contributed by atoms with Gasteiger partial charge in [-0.3, -0.25) is 0 Å². The molecule has 0 bridgehead atoms.